The molecule has 0 saturated heterocycles. The number of amides is 1. The first kappa shape index (κ1) is 19.8. The molecule has 7 heteroatoms. The van der Waals surface area contributed by atoms with E-state index in [1.165, 1.54) is 6.07 Å². The highest BCUT2D eigenvalue weighted by atomic mass is 16.6. The minimum absolute atomic E-state index is 0.0145. The summed E-state index contributed by atoms with van der Waals surface area (Å²) in [5.41, 5.74) is 4.68. The van der Waals surface area contributed by atoms with Crippen LogP contribution in [-0.4, -0.2) is 27.4 Å². The van der Waals surface area contributed by atoms with E-state index in [0.29, 0.717) is 6.54 Å². The van der Waals surface area contributed by atoms with Gasteiger partial charge in [0, 0.05) is 41.3 Å². The monoisotopic (exact) mass is 427 g/mol. The number of nitro benzene ring substituents is 1. The highest BCUT2D eigenvalue weighted by Crippen LogP contribution is 2.39. The molecule has 5 rings (SSSR count). The third-order valence-corrected chi connectivity index (χ3v) is 5.93. The van der Waals surface area contributed by atoms with Crippen molar-refractivity contribution in [1.82, 2.24) is 9.88 Å². The van der Waals surface area contributed by atoms with Gasteiger partial charge in [-0.1, -0.05) is 54.6 Å². The van der Waals surface area contributed by atoms with Gasteiger partial charge in [-0.15, -0.1) is 0 Å². The molecule has 0 spiro atoms. The lowest BCUT2D eigenvalue weighted by Crippen LogP contribution is -2.40. The number of carbonyl (C=O) groups is 1. The quantitative estimate of drug-likeness (QED) is 0.351. The van der Waals surface area contributed by atoms with Crippen LogP contribution in [0.1, 0.15) is 28.3 Å². The van der Waals surface area contributed by atoms with Gasteiger partial charge in [-0.2, -0.15) is 0 Å². The van der Waals surface area contributed by atoms with Crippen LogP contribution in [0.2, 0.25) is 0 Å². The molecule has 3 aromatic carbocycles. The van der Waals surface area contributed by atoms with Crippen molar-refractivity contribution < 1.29 is 14.5 Å². The molecule has 32 heavy (non-hydrogen) atoms. The summed E-state index contributed by atoms with van der Waals surface area (Å²) in [5, 5.41) is 12.1. The van der Waals surface area contributed by atoms with Crippen LogP contribution < -0.4 is 0 Å². The Hall–Kier alpha value is -4.13. The molecule has 7 nitrogen and oxygen atoms in total. The van der Waals surface area contributed by atoms with E-state index in [1.807, 2.05) is 54.7 Å². The summed E-state index contributed by atoms with van der Waals surface area (Å²) in [6.45, 7) is 0.681. The van der Waals surface area contributed by atoms with E-state index in [1.54, 1.807) is 17.0 Å². The Morgan fingerprint density at radius 2 is 1.84 bits per heavy atom. The van der Waals surface area contributed by atoms with Crippen LogP contribution in [0, 0.1) is 10.1 Å². The van der Waals surface area contributed by atoms with Crippen molar-refractivity contribution in [1.29, 1.82) is 0 Å². The van der Waals surface area contributed by atoms with E-state index >= 15 is 0 Å². The summed E-state index contributed by atoms with van der Waals surface area (Å²) in [4.78, 5) is 29.0. The number of H-pyrrole nitrogens is 1. The maximum Gasteiger partial charge on any atom is 0.410 e. The zero-order valence-corrected chi connectivity index (χ0v) is 17.2. The van der Waals surface area contributed by atoms with Gasteiger partial charge in [0.25, 0.3) is 5.69 Å². The number of rotatable bonds is 4. The van der Waals surface area contributed by atoms with Gasteiger partial charge >= 0.3 is 6.09 Å². The number of hydrogen-bond acceptors (Lipinski definition) is 4. The third-order valence-electron chi connectivity index (χ3n) is 5.93. The topological polar surface area (TPSA) is 88.5 Å². The Morgan fingerprint density at radius 3 is 2.66 bits per heavy atom. The Morgan fingerprint density at radius 1 is 1.06 bits per heavy atom. The number of benzene rings is 3. The van der Waals surface area contributed by atoms with E-state index < -0.39 is 17.1 Å². The van der Waals surface area contributed by atoms with Gasteiger partial charge in [-0.3, -0.25) is 15.0 Å². The van der Waals surface area contributed by atoms with Crippen molar-refractivity contribution in [3.8, 4) is 0 Å². The molecule has 2 heterocycles. The highest BCUT2D eigenvalue weighted by Gasteiger charge is 2.34. The van der Waals surface area contributed by atoms with Crippen LogP contribution >= 0.6 is 0 Å². The first-order chi connectivity index (χ1) is 15.6. The smallest absolute Gasteiger partial charge is 0.410 e. The van der Waals surface area contributed by atoms with Crippen molar-refractivity contribution in [2.75, 3.05) is 6.54 Å². The minimum Gasteiger partial charge on any atom is -0.445 e. The van der Waals surface area contributed by atoms with E-state index in [2.05, 4.69) is 11.1 Å². The van der Waals surface area contributed by atoms with Crippen molar-refractivity contribution in [2.24, 2.45) is 0 Å². The molecule has 0 aliphatic carbocycles. The SMILES string of the molecule is O=C(OCc1ccccc1)N1CCc2ccccc2C1c1c[nH]c2ccc([N+](=O)[O-])cc12. The predicted octanol–water partition coefficient (Wildman–Crippen LogP) is 5.36. The molecule has 1 N–H and O–H groups in total. The average molecular weight is 427 g/mol. The number of hydrogen-bond donors (Lipinski definition) is 1. The average Bonchev–Trinajstić information content (AvgIpc) is 3.25. The zero-order chi connectivity index (χ0) is 22.1. The van der Waals surface area contributed by atoms with Gasteiger partial charge in [0.2, 0.25) is 0 Å². The lowest BCUT2D eigenvalue weighted by molar-refractivity contribution is -0.384. The van der Waals surface area contributed by atoms with Crippen molar-refractivity contribution in [2.45, 2.75) is 19.1 Å². The summed E-state index contributed by atoms with van der Waals surface area (Å²) < 4.78 is 5.65. The maximum absolute atomic E-state index is 13.2. The van der Waals surface area contributed by atoms with E-state index in [9.17, 15) is 14.9 Å². The fraction of sp³-hybridized carbons (Fsp3) is 0.160. The standard InChI is InChI=1S/C25H21N3O4/c29-25(32-16-17-6-2-1-3-7-17)27-13-12-18-8-4-5-9-20(18)24(27)22-15-26-23-11-10-19(28(30)31)14-21(22)23/h1-11,14-15,24,26H,12-13,16H2. The number of nitrogens with zero attached hydrogens (tertiary/aromatic N) is 2. The van der Waals surface area contributed by atoms with Gasteiger partial charge < -0.3 is 9.72 Å². The van der Waals surface area contributed by atoms with Gasteiger partial charge in [0.05, 0.1) is 11.0 Å². The summed E-state index contributed by atoms with van der Waals surface area (Å²) >= 11 is 0. The molecule has 0 bridgehead atoms. The molecule has 4 aromatic rings. The first-order valence-electron chi connectivity index (χ1n) is 10.4. The maximum atomic E-state index is 13.2. The summed E-state index contributed by atoms with van der Waals surface area (Å²) in [7, 11) is 0. The molecule has 1 aliphatic heterocycles. The van der Waals surface area contributed by atoms with Gasteiger partial charge in [0.15, 0.2) is 0 Å². The fourth-order valence-corrected chi connectivity index (χ4v) is 4.37. The second kappa shape index (κ2) is 8.19. The van der Waals surface area contributed by atoms with Crippen molar-refractivity contribution in [3.05, 3.63) is 111 Å². The molecular formula is C25H21N3O4. The summed E-state index contributed by atoms with van der Waals surface area (Å²) in [6, 6.07) is 21.9. The number of nitro groups is 1. The number of ether oxygens (including phenoxy) is 1. The van der Waals surface area contributed by atoms with Gasteiger partial charge in [-0.25, -0.2) is 4.79 Å². The van der Waals surface area contributed by atoms with Crippen LogP contribution in [0.25, 0.3) is 10.9 Å². The van der Waals surface area contributed by atoms with Crippen molar-refractivity contribution >= 4 is 22.7 Å². The molecule has 1 aromatic heterocycles. The summed E-state index contributed by atoms with van der Waals surface area (Å²) in [5.74, 6) is 0. The largest absolute Gasteiger partial charge is 0.445 e. The first-order valence-corrected chi connectivity index (χ1v) is 10.4. The fourth-order valence-electron chi connectivity index (χ4n) is 4.37. The molecular weight excluding hydrogens is 406 g/mol. The predicted molar refractivity (Wildman–Crippen MR) is 120 cm³/mol. The molecule has 0 saturated carbocycles. The van der Waals surface area contributed by atoms with E-state index in [4.69, 9.17) is 4.74 Å². The Balaban J connectivity index is 1.55. The normalized spacial score (nSPS) is 15.4. The van der Waals surface area contributed by atoms with E-state index in [-0.39, 0.29) is 12.3 Å². The van der Waals surface area contributed by atoms with Crippen LogP contribution in [0.4, 0.5) is 10.5 Å². The highest BCUT2D eigenvalue weighted by molar-refractivity contribution is 5.87. The second-order valence-electron chi connectivity index (χ2n) is 7.82. The molecule has 1 aliphatic rings. The lowest BCUT2D eigenvalue weighted by atomic mass is 9.88. The minimum atomic E-state index is -0.409. The molecule has 1 atom stereocenters. The Labute approximate surface area is 184 Å². The third kappa shape index (κ3) is 3.58. The van der Waals surface area contributed by atoms with Crippen LogP contribution in [0.5, 0.6) is 0 Å². The van der Waals surface area contributed by atoms with Crippen LogP contribution in [0.3, 0.4) is 0 Å². The molecule has 1 unspecified atom stereocenters. The zero-order valence-electron chi connectivity index (χ0n) is 17.2. The number of aromatic amines is 1. The number of aromatic nitrogens is 1. The molecule has 0 radical (unpaired) electrons. The van der Waals surface area contributed by atoms with E-state index in [0.717, 1.165) is 39.6 Å². The second-order valence-corrected chi connectivity index (χ2v) is 7.82. The number of carbonyl (C=O) groups excluding carboxylic acids is 1. The lowest BCUT2D eigenvalue weighted by Gasteiger charge is -2.36. The number of non-ortho nitro benzene ring substituents is 1. The van der Waals surface area contributed by atoms with Crippen LogP contribution in [-0.2, 0) is 17.8 Å². The molecule has 0 fully saturated rings. The van der Waals surface area contributed by atoms with Gasteiger partial charge in [-0.05, 0) is 29.2 Å². The Bertz CT molecular complexity index is 1300. The molecule has 1 amide bonds. The summed E-state index contributed by atoms with van der Waals surface area (Å²) in [6.07, 6.45) is 2.14. The van der Waals surface area contributed by atoms with Crippen LogP contribution in [0.15, 0.2) is 79.0 Å². The number of nitrogens with one attached hydrogen (secondary N) is 1. The van der Waals surface area contributed by atoms with Gasteiger partial charge in [0.1, 0.15) is 6.61 Å². The Kier molecular flexibility index (Phi) is 5.07. The number of fused-ring (bicyclic) bond motifs is 2. The molecule has 160 valence electrons. The van der Waals surface area contributed by atoms with Crippen molar-refractivity contribution in [3.63, 3.8) is 0 Å².